The lowest BCUT2D eigenvalue weighted by molar-refractivity contribution is -0.119. The molecule has 2 aromatic carbocycles. The first kappa shape index (κ1) is 27.3. The van der Waals surface area contributed by atoms with Gasteiger partial charge in [0.15, 0.2) is 11.5 Å². The molecule has 1 aromatic heterocycles. The van der Waals surface area contributed by atoms with E-state index >= 15 is 0 Å². The zero-order valence-electron chi connectivity index (χ0n) is 22.9. The maximum absolute atomic E-state index is 11.4. The Labute approximate surface area is 234 Å². The molecule has 0 radical (unpaired) electrons. The summed E-state index contributed by atoms with van der Waals surface area (Å²) in [5.41, 5.74) is 1.67. The van der Waals surface area contributed by atoms with Crippen LogP contribution in [-0.2, 0) is 4.79 Å². The lowest BCUT2D eigenvalue weighted by Gasteiger charge is -2.42. The first-order valence-electron chi connectivity index (χ1n) is 13.6. The highest BCUT2D eigenvalue weighted by Crippen LogP contribution is 2.36. The SMILES string of the molecule is COc1cc2nc(N3CCC(N4CCCC(CNC(C)=O)C4)CC3)nc(Nc3ccc(Cl)cc3)c2cc1OC. The van der Waals surface area contributed by atoms with Crippen LogP contribution < -0.4 is 25.0 Å². The summed E-state index contributed by atoms with van der Waals surface area (Å²) < 4.78 is 11.1. The number of aromatic nitrogens is 2. The Bertz CT molecular complexity index is 1300. The summed E-state index contributed by atoms with van der Waals surface area (Å²) in [6.07, 6.45) is 4.47. The number of likely N-dealkylation sites (tertiary alicyclic amines) is 1. The van der Waals surface area contributed by atoms with Crippen LogP contribution in [0.3, 0.4) is 0 Å². The van der Waals surface area contributed by atoms with Crippen LogP contribution in [0.15, 0.2) is 36.4 Å². The minimum atomic E-state index is 0.0526. The van der Waals surface area contributed by atoms with Crippen LogP contribution in [-0.4, -0.2) is 73.8 Å². The topological polar surface area (TPSA) is 91.9 Å². The fraction of sp³-hybridized carbons (Fsp3) is 0.483. The molecule has 10 heteroatoms. The van der Waals surface area contributed by atoms with Gasteiger partial charge in [0.05, 0.1) is 19.7 Å². The molecule has 5 rings (SSSR count). The highest BCUT2D eigenvalue weighted by atomic mass is 35.5. The minimum Gasteiger partial charge on any atom is -0.493 e. The van der Waals surface area contributed by atoms with Gasteiger partial charge in [0.25, 0.3) is 0 Å². The molecule has 0 spiro atoms. The van der Waals surface area contributed by atoms with Crippen LogP contribution in [0.25, 0.3) is 10.9 Å². The third-order valence-corrected chi connectivity index (χ3v) is 8.00. The van der Waals surface area contributed by atoms with E-state index in [9.17, 15) is 4.79 Å². The molecule has 0 aliphatic carbocycles. The van der Waals surface area contributed by atoms with Crippen LogP contribution in [0, 0.1) is 5.92 Å². The second-order valence-corrected chi connectivity index (χ2v) is 10.8. The van der Waals surface area contributed by atoms with Crippen molar-refractivity contribution in [3.63, 3.8) is 0 Å². The summed E-state index contributed by atoms with van der Waals surface area (Å²) in [7, 11) is 3.25. The Kier molecular flexibility index (Phi) is 8.57. The summed E-state index contributed by atoms with van der Waals surface area (Å²) in [6, 6.07) is 11.9. The predicted molar refractivity (Wildman–Crippen MR) is 156 cm³/mol. The number of carbonyl (C=O) groups excluding carboxylic acids is 1. The second-order valence-electron chi connectivity index (χ2n) is 10.4. The van der Waals surface area contributed by atoms with E-state index in [1.165, 1.54) is 12.8 Å². The van der Waals surface area contributed by atoms with Crippen molar-refractivity contribution in [1.82, 2.24) is 20.2 Å². The standard InChI is InChI=1S/C29H37ClN6O3/c1-19(37)31-17-20-5-4-12-36(18-20)23-10-13-35(14-11-23)29-33-25-16-27(39-3)26(38-2)15-24(25)28(34-29)32-22-8-6-21(30)7-9-22/h6-9,15-16,20,23H,4-5,10-14,17-18H2,1-3H3,(H,31,37)(H,32,33,34). The zero-order chi connectivity index (χ0) is 27.4. The molecule has 0 saturated carbocycles. The average molecular weight is 553 g/mol. The van der Waals surface area contributed by atoms with Crippen molar-refractivity contribution in [2.75, 3.05) is 57.2 Å². The van der Waals surface area contributed by atoms with E-state index in [0.29, 0.717) is 40.2 Å². The molecular weight excluding hydrogens is 516 g/mol. The van der Waals surface area contributed by atoms with E-state index < -0.39 is 0 Å². The first-order valence-corrected chi connectivity index (χ1v) is 14.0. The number of piperidine rings is 2. The van der Waals surface area contributed by atoms with Gasteiger partial charge in [-0.3, -0.25) is 9.69 Å². The Hall–Kier alpha value is -3.30. The van der Waals surface area contributed by atoms with Gasteiger partial charge in [-0.1, -0.05) is 11.6 Å². The van der Waals surface area contributed by atoms with E-state index in [-0.39, 0.29) is 5.91 Å². The van der Waals surface area contributed by atoms with Crippen LogP contribution >= 0.6 is 11.6 Å². The van der Waals surface area contributed by atoms with E-state index in [2.05, 4.69) is 20.4 Å². The maximum atomic E-state index is 11.4. The highest BCUT2D eigenvalue weighted by molar-refractivity contribution is 6.30. The van der Waals surface area contributed by atoms with Crippen molar-refractivity contribution in [2.24, 2.45) is 5.92 Å². The lowest BCUT2D eigenvalue weighted by Crippen LogP contribution is -2.50. The molecule has 2 N–H and O–H groups in total. The third kappa shape index (κ3) is 6.47. The number of anilines is 3. The van der Waals surface area contributed by atoms with Crippen LogP contribution in [0.2, 0.25) is 5.02 Å². The molecule has 2 saturated heterocycles. The van der Waals surface area contributed by atoms with Gasteiger partial charge in [-0.25, -0.2) is 4.98 Å². The predicted octanol–water partition coefficient (Wildman–Crippen LogP) is 4.86. The molecule has 1 unspecified atom stereocenters. The second kappa shape index (κ2) is 12.3. The van der Waals surface area contributed by atoms with Crippen molar-refractivity contribution in [2.45, 2.75) is 38.6 Å². The molecule has 1 atom stereocenters. The monoisotopic (exact) mass is 552 g/mol. The Balaban J connectivity index is 1.35. The summed E-state index contributed by atoms with van der Waals surface area (Å²) in [5.74, 6) is 3.24. The van der Waals surface area contributed by atoms with Crippen molar-refractivity contribution < 1.29 is 14.3 Å². The van der Waals surface area contributed by atoms with Crippen molar-refractivity contribution in [3.05, 3.63) is 41.4 Å². The quantitative estimate of drug-likeness (QED) is 0.409. The molecule has 2 fully saturated rings. The zero-order valence-corrected chi connectivity index (χ0v) is 23.6. The van der Waals surface area contributed by atoms with Gasteiger partial charge >= 0.3 is 0 Å². The molecule has 2 aliphatic heterocycles. The molecule has 2 aliphatic rings. The Morgan fingerprint density at radius 3 is 2.44 bits per heavy atom. The normalized spacial score (nSPS) is 18.7. The number of hydrogen-bond donors (Lipinski definition) is 2. The third-order valence-electron chi connectivity index (χ3n) is 7.75. The number of halogens is 1. The fourth-order valence-corrected chi connectivity index (χ4v) is 5.79. The number of rotatable bonds is 8. The summed E-state index contributed by atoms with van der Waals surface area (Å²) in [4.78, 5) is 26.2. The van der Waals surface area contributed by atoms with Crippen molar-refractivity contribution >= 4 is 45.9 Å². The Morgan fingerprint density at radius 1 is 1.03 bits per heavy atom. The number of benzene rings is 2. The number of amides is 1. The molecule has 9 nitrogen and oxygen atoms in total. The number of methoxy groups -OCH3 is 2. The molecule has 3 aromatic rings. The Morgan fingerprint density at radius 2 is 1.74 bits per heavy atom. The molecule has 39 heavy (non-hydrogen) atoms. The number of carbonyl (C=O) groups is 1. The summed E-state index contributed by atoms with van der Waals surface area (Å²) in [6.45, 7) is 6.31. The maximum Gasteiger partial charge on any atom is 0.227 e. The number of hydrogen-bond acceptors (Lipinski definition) is 8. The molecule has 3 heterocycles. The average Bonchev–Trinajstić information content (AvgIpc) is 2.96. The van der Waals surface area contributed by atoms with Gasteiger partial charge in [0.1, 0.15) is 5.82 Å². The van der Waals surface area contributed by atoms with E-state index in [1.807, 2.05) is 36.4 Å². The van der Waals surface area contributed by atoms with Gasteiger partial charge in [0.2, 0.25) is 11.9 Å². The number of nitrogens with one attached hydrogen (secondary N) is 2. The van der Waals surface area contributed by atoms with Gasteiger partial charge < -0.3 is 25.0 Å². The van der Waals surface area contributed by atoms with Crippen molar-refractivity contribution in [1.29, 1.82) is 0 Å². The smallest absolute Gasteiger partial charge is 0.227 e. The number of fused-ring (bicyclic) bond motifs is 1. The van der Waals surface area contributed by atoms with E-state index in [0.717, 1.165) is 62.2 Å². The largest absolute Gasteiger partial charge is 0.493 e. The molecule has 1 amide bonds. The number of nitrogens with zero attached hydrogens (tertiary/aromatic N) is 4. The van der Waals surface area contributed by atoms with Gasteiger partial charge in [-0.15, -0.1) is 0 Å². The number of ether oxygens (including phenoxy) is 2. The summed E-state index contributed by atoms with van der Waals surface area (Å²) in [5, 5.41) is 7.99. The van der Waals surface area contributed by atoms with Gasteiger partial charge in [-0.2, -0.15) is 4.98 Å². The molecule has 0 bridgehead atoms. The van der Waals surface area contributed by atoms with Gasteiger partial charge in [0, 0.05) is 61.3 Å². The van der Waals surface area contributed by atoms with Crippen LogP contribution in [0.5, 0.6) is 11.5 Å². The molecular formula is C29H37ClN6O3. The van der Waals surface area contributed by atoms with Crippen LogP contribution in [0.4, 0.5) is 17.5 Å². The highest BCUT2D eigenvalue weighted by Gasteiger charge is 2.30. The lowest BCUT2D eigenvalue weighted by atomic mass is 9.94. The van der Waals surface area contributed by atoms with Crippen LogP contribution in [0.1, 0.15) is 32.6 Å². The van der Waals surface area contributed by atoms with Gasteiger partial charge in [-0.05, 0) is 68.5 Å². The first-order chi connectivity index (χ1) is 18.9. The van der Waals surface area contributed by atoms with E-state index in [1.54, 1.807) is 21.1 Å². The van der Waals surface area contributed by atoms with E-state index in [4.69, 9.17) is 31.0 Å². The summed E-state index contributed by atoms with van der Waals surface area (Å²) >= 11 is 6.10. The van der Waals surface area contributed by atoms with Crippen molar-refractivity contribution in [3.8, 4) is 11.5 Å². The molecule has 208 valence electrons. The fourth-order valence-electron chi connectivity index (χ4n) is 5.66. The minimum absolute atomic E-state index is 0.0526.